The molecular formula is C14H21N3O2. The zero-order valence-corrected chi connectivity index (χ0v) is 11.4. The number of fused-ring (bicyclic) bond motifs is 1. The van der Waals surface area contributed by atoms with Crippen LogP contribution in [0.25, 0.3) is 0 Å². The maximum Gasteiger partial charge on any atom is 0.189 e. The van der Waals surface area contributed by atoms with Crippen LogP contribution < -0.4 is 10.5 Å². The van der Waals surface area contributed by atoms with Crippen LogP contribution in [0, 0.1) is 0 Å². The lowest BCUT2D eigenvalue weighted by molar-refractivity contribution is -0.0175. The molecule has 0 saturated carbocycles. The average Bonchev–Trinajstić information content (AvgIpc) is 2.41. The Morgan fingerprint density at radius 2 is 2.00 bits per heavy atom. The van der Waals surface area contributed by atoms with E-state index in [0.29, 0.717) is 13.4 Å². The van der Waals surface area contributed by atoms with Crippen LogP contribution in [0.2, 0.25) is 0 Å². The fraction of sp³-hybridized carbons (Fsp3) is 0.571. The van der Waals surface area contributed by atoms with Crippen molar-refractivity contribution in [2.24, 2.45) is 0 Å². The van der Waals surface area contributed by atoms with Crippen molar-refractivity contribution in [2.45, 2.75) is 13.2 Å². The molecule has 1 aromatic carbocycles. The Labute approximate surface area is 113 Å². The standard InChI is InChI=1S/C14H21N3O2/c1-16-2-4-17(5-3-16)8-11-6-13(15)7-12-9-18-10-19-14(11)12/h6-7H,2-5,8-10,15H2,1H3. The number of ether oxygens (including phenoxy) is 2. The van der Waals surface area contributed by atoms with Gasteiger partial charge in [-0.3, -0.25) is 4.90 Å². The molecule has 0 amide bonds. The van der Waals surface area contributed by atoms with E-state index in [2.05, 4.69) is 16.8 Å². The minimum Gasteiger partial charge on any atom is -0.467 e. The highest BCUT2D eigenvalue weighted by atomic mass is 16.7. The summed E-state index contributed by atoms with van der Waals surface area (Å²) in [7, 11) is 2.17. The van der Waals surface area contributed by atoms with Gasteiger partial charge in [0.25, 0.3) is 0 Å². The Balaban J connectivity index is 1.78. The zero-order valence-electron chi connectivity index (χ0n) is 11.4. The van der Waals surface area contributed by atoms with Gasteiger partial charge in [0.05, 0.1) is 6.61 Å². The number of nitrogens with zero attached hydrogens (tertiary/aromatic N) is 2. The van der Waals surface area contributed by atoms with Crippen molar-refractivity contribution in [3.8, 4) is 5.75 Å². The van der Waals surface area contributed by atoms with E-state index in [1.807, 2.05) is 12.1 Å². The number of nitrogen functional groups attached to an aromatic ring is 1. The molecule has 2 N–H and O–H groups in total. The van der Waals surface area contributed by atoms with Crippen molar-refractivity contribution in [3.05, 3.63) is 23.3 Å². The van der Waals surface area contributed by atoms with Crippen molar-refractivity contribution >= 4 is 5.69 Å². The molecule has 2 heterocycles. The van der Waals surface area contributed by atoms with E-state index in [9.17, 15) is 0 Å². The smallest absolute Gasteiger partial charge is 0.189 e. The van der Waals surface area contributed by atoms with Crippen LogP contribution in [-0.2, 0) is 17.9 Å². The summed E-state index contributed by atoms with van der Waals surface area (Å²) in [4.78, 5) is 4.81. The summed E-state index contributed by atoms with van der Waals surface area (Å²) in [6.07, 6.45) is 0. The van der Waals surface area contributed by atoms with Gasteiger partial charge >= 0.3 is 0 Å². The third-order valence-electron chi connectivity index (χ3n) is 3.80. The number of rotatable bonds is 2. The molecule has 5 heteroatoms. The monoisotopic (exact) mass is 263 g/mol. The first-order valence-corrected chi connectivity index (χ1v) is 6.75. The summed E-state index contributed by atoms with van der Waals surface area (Å²) >= 11 is 0. The molecule has 3 rings (SSSR count). The van der Waals surface area contributed by atoms with E-state index in [-0.39, 0.29) is 0 Å². The van der Waals surface area contributed by atoms with Crippen molar-refractivity contribution in [1.29, 1.82) is 0 Å². The highest BCUT2D eigenvalue weighted by Crippen LogP contribution is 2.31. The fourth-order valence-corrected chi connectivity index (χ4v) is 2.69. The summed E-state index contributed by atoms with van der Waals surface area (Å²) in [5, 5.41) is 0. The van der Waals surface area contributed by atoms with Crippen LogP contribution in [0.4, 0.5) is 5.69 Å². The number of benzene rings is 1. The fourth-order valence-electron chi connectivity index (χ4n) is 2.69. The first-order valence-electron chi connectivity index (χ1n) is 6.75. The van der Waals surface area contributed by atoms with Gasteiger partial charge in [0, 0.05) is 49.5 Å². The van der Waals surface area contributed by atoms with E-state index < -0.39 is 0 Å². The molecule has 0 unspecified atom stereocenters. The van der Waals surface area contributed by atoms with Crippen LogP contribution >= 0.6 is 0 Å². The van der Waals surface area contributed by atoms with Gasteiger partial charge in [-0.25, -0.2) is 0 Å². The largest absolute Gasteiger partial charge is 0.467 e. The summed E-state index contributed by atoms with van der Waals surface area (Å²) < 4.78 is 11.0. The number of likely N-dealkylation sites (N-methyl/N-ethyl adjacent to an activating group) is 1. The first-order chi connectivity index (χ1) is 9.22. The molecule has 1 saturated heterocycles. The predicted molar refractivity (Wildman–Crippen MR) is 73.9 cm³/mol. The summed E-state index contributed by atoms with van der Waals surface area (Å²) in [5.41, 5.74) is 9.01. The maximum atomic E-state index is 5.97. The molecule has 19 heavy (non-hydrogen) atoms. The summed E-state index contributed by atoms with van der Waals surface area (Å²) in [6, 6.07) is 3.98. The summed E-state index contributed by atoms with van der Waals surface area (Å²) in [5.74, 6) is 0.972. The molecule has 0 bridgehead atoms. The second-order valence-corrected chi connectivity index (χ2v) is 5.36. The Bertz CT molecular complexity index is 456. The van der Waals surface area contributed by atoms with Gasteiger partial charge in [-0.15, -0.1) is 0 Å². The van der Waals surface area contributed by atoms with E-state index in [0.717, 1.165) is 49.7 Å². The van der Waals surface area contributed by atoms with Crippen molar-refractivity contribution < 1.29 is 9.47 Å². The molecule has 1 aromatic rings. The Morgan fingerprint density at radius 3 is 2.79 bits per heavy atom. The zero-order chi connectivity index (χ0) is 13.2. The van der Waals surface area contributed by atoms with Crippen LogP contribution in [0.15, 0.2) is 12.1 Å². The van der Waals surface area contributed by atoms with E-state index in [4.69, 9.17) is 15.2 Å². The highest BCUT2D eigenvalue weighted by Gasteiger charge is 2.20. The van der Waals surface area contributed by atoms with Crippen LogP contribution in [0.1, 0.15) is 11.1 Å². The second-order valence-electron chi connectivity index (χ2n) is 5.36. The van der Waals surface area contributed by atoms with Gasteiger partial charge in [0.2, 0.25) is 0 Å². The lowest BCUT2D eigenvalue weighted by Gasteiger charge is -2.33. The molecule has 5 nitrogen and oxygen atoms in total. The van der Waals surface area contributed by atoms with Gasteiger partial charge in [-0.05, 0) is 19.2 Å². The number of piperazine rings is 1. The van der Waals surface area contributed by atoms with Gasteiger partial charge in [0.15, 0.2) is 6.79 Å². The normalized spacial score (nSPS) is 20.9. The van der Waals surface area contributed by atoms with Crippen LogP contribution in [0.3, 0.4) is 0 Å². The third kappa shape index (κ3) is 2.83. The van der Waals surface area contributed by atoms with Crippen molar-refractivity contribution in [3.63, 3.8) is 0 Å². The highest BCUT2D eigenvalue weighted by molar-refractivity contribution is 5.53. The predicted octanol–water partition coefficient (Wildman–Crippen LogP) is 0.883. The summed E-state index contributed by atoms with van der Waals surface area (Å²) in [6.45, 7) is 6.26. The number of hydrogen-bond donors (Lipinski definition) is 1. The SMILES string of the molecule is CN1CCN(Cc2cc(N)cc3c2OCOC3)CC1. The third-order valence-corrected chi connectivity index (χ3v) is 3.80. The molecule has 0 aromatic heterocycles. The van der Waals surface area contributed by atoms with E-state index >= 15 is 0 Å². The molecule has 0 spiro atoms. The molecule has 104 valence electrons. The molecular weight excluding hydrogens is 242 g/mol. The van der Waals surface area contributed by atoms with Crippen molar-refractivity contribution in [1.82, 2.24) is 9.80 Å². The molecule has 2 aliphatic heterocycles. The molecule has 2 aliphatic rings. The van der Waals surface area contributed by atoms with E-state index in [1.165, 1.54) is 5.56 Å². The Morgan fingerprint density at radius 1 is 1.21 bits per heavy atom. The number of nitrogens with two attached hydrogens (primary N) is 1. The van der Waals surface area contributed by atoms with Crippen molar-refractivity contribution in [2.75, 3.05) is 45.8 Å². The lowest BCUT2D eigenvalue weighted by Crippen LogP contribution is -2.44. The molecule has 0 atom stereocenters. The maximum absolute atomic E-state index is 5.97. The van der Waals surface area contributed by atoms with Gasteiger partial charge in [-0.1, -0.05) is 0 Å². The molecule has 1 fully saturated rings. The Hall–Kier alpha value is -1.30. The minimum atomic E-state index is 0.340. The van der Waals surface area contributed by atoms with Gasteiger partial charge in [0.1, 0.15) is 5.75 Å². The lowest BCUT2D eigenvalue weighted by atomic mass is 10.1. The van der Waals surface area contributed by atoms with Gasteiger partial charge < -0.3 is 20.1 Å². The molecule has 0 aliphatic carbocycles. The average molecular weight is 263 g/mol. The first kappa shape index (κ1) is 12.7. The van der Waals surface area contributed by atoms with Crippen LogP contribution in [0.5, 0.6) is 5.75 Å². The van der Waals surface area contributed by atoms with Gasteiger partial charge in [-0.2, -0.15) is 0 Å². The number of hydrogen-bond acceptors (Lipinski definition) is 5. The quantitative estimate of drug-likeness (QED) is 0.803. The van der Waals surface area contributed by atoms with Crippen LogP contribution in [-0.4, -0.2) is 49.8 Å². The Kier molecular flexibility index (Phi) is 3.59. The topological polar surface area (TPSA) is 51.0 Å². The minimum absolute atomic E-state index is 0.340. The molecule has 0 radical (unpaired) electrons. The second kappa shape index (κ2) is 5.36. The van der Waals surface area contributed by atoms with E-state index in [1.54, 1.807) is 0 Å². The number of anilines is 1.